The highest BCUT2D eigenvalue weighted by molar-refractivity contribution is 5.71. The fraction of sp³-hybridized carbons (Fsp3) is 0.677. The van der Waals surface area contributed by atoms with Crippen LogP contribution in [0.1, 0.15) is 265 Å². The quantitative estimate of drug-likeness (QED) is 0.0261. The van der Waals surface area contributed by atoms with Crippen LogP contribution in [0.5, 0.6) is 0 Å². The number of allylic oxidation sites excluding steroid dienone is 18. The third-order valence-electron chi connectivity index (χ3n) is 12.2. The molecule has 0 radical (unpaired) electrons. The zero-order chi connectivity index (χ0) is 51.4. The Labute approximate surface area is 438 Å². The van der Waals surface area contributed by atoms with E-state index >= 15 is 0 Å². The van der Waals surface area contributed by atoms with Crippen molar-refractivity contribution in [1.29, 1.82) is 0 Å². The molecule has 1 atom stereocenters. The summed E-state index contributed by atoms with van der Waals surface area (Å²) in [6, 6.07) is 0. The molecule has 0 aliphatic heterocycles. The fourth-order valence-electron chi connectivity index (χ4n) is 7.84. The van der Waals surface area contributed by atoms with Crippen LogP contribution in [-0.2, 0) is 28.6 Å². The Hall–Kier alpha value is -3.93. The summed E-state index contributed by atoms with van der Waals surface area (Å²) in [5.41, 5.74) is 0. The molecule has 0 bridgehead atoms. The third-order valence-corrected chi connectivity index (χ3v) is 12.2. The molecule has 0 saturated heterocycles. The van der Waals surface area contributed by atoms with E-state index in [9.17, 15) is 14.4 Å². The number of carbonyl (C=O) groups is 3. The molecule has 0 saturated carbocycles. The van der Waals surface area contributed by atoms with Crippen molar-refractivity contribution < 1.29 is 28.6 Å². The summed E-state index contributed by atoms with van der Waals surface area (Å²) in [4.78, 5) is 38.2. The maximum Gasteiger partial charge on any atom is 0.306 e. The predicted octanol–water partition coefficient (Wildman–Crippen LogP) is 19.9. The Balaban J connectivity index is 4.54. The molecule has 6 nitrogen and oxygen atoms in total. The van der Waals surface area contributed by atoms with Crippen LogP contribution in [-0.4, -0.2) is 37.2 Å². The van der Waals surface area contributed by atoms with Gasteiger partial charge in [-0.1, -0.05) is 239 Å². The molecule has 0 aliphatic rings. The number of unbranched alkanes of at least 4 members (excludes halogenated alkanes) is 23. The van der Waals surface area contributed by atoms with Gasteiger partial charge in [0.1, 0.15) is 13.2 Å². The van der Waals surface area contributed by atoms with Crippen molar-refractivity contribution in [3.63, 3.8) is 0 Å². The summed E-state index contributed by atoms with van der Waals surface area (Å²) in [6.07, 6.45) is 79.5. The van der Waals surface area contributed by atoms with E-state index in [0.29, 0.717) is 19.3 Å². The van der Waals surface area contributed by atoms with Crippen LogP contribution in [0.2, 0.25) is 0 Å². The minimum Gasteiger partial charge on any atom is -0.462 e. The SMILES string of the molecule is CC/C=C\C/C=C\C/C=C\C/C=C\C/C=C\CCCC(=O)OC[C@H](COC(=O)CCCCCCCCCCC/C=C\CCCCCCCC)OC(=O)CCC/C=C\C/C=C\C/C=C\CCCCCCCC. The van der Waals surface area contributed by atoms with Gasteiger partial charge in [-0.3, -0.25) is 14.4 Å². The van der Waals surface area contributed by atoms with Gasteiger partial charge in [0.15, 0.2) is 6.10 Å². The van der Waals surface area contributed by atoms with E-state index in [2.05, 4.69) is 130 Å². The minimum atomic E-state index is -0.831. The Morgan fingerprint density at radius 1 is 0.296 bits per heavy atom. The summed E-state index contributed by atoms with van der Waals surface area (Å²) >= 11 is 0. The smallest absolute Gasteiger partial charge is 0.306 e. The number of esters is 3. The monoisotopic (exact) mass is 985 g/mol. The first-order valence-corrected chi connectivity index (χ1v) is 29.4. The molecule has 0 rings (SSSR count). The molecule has 0 amide bonds. The molecule has 0 aromatic heterocycles. The van der Waals surface area contributed by atoms with E-state index in [4.69, 9.17) is 14.2 Å². The average Bonchev–Trinajstić information content (AvgIpc) is 3.37. The first kappa shape index (κ1) is 67.1. The maximum absolute atomic E-state index is 12.8. The van der Waals surface area contributed by atoms with Crippen LogP contribution in [0, 0.1) is 0 Å². The minimum absolute atomic E-state index is 0.118. The Bertz CT molecular complexity index is 1460. The third kappa shape index (κ3) is 56.9. The van der Waals surface area contributed by atoms with Crippen LogP contribution in [0.4, 0.5) is 0 Å². The van der Waals surface area contributed by atoms with Crippen LogP contribution < -0.4 is 0 Å². The number of rotatable bonds is 52. The molecule has 0 fully saturated rings. The first-order valence-electron chi connectivity index (χ1n) is 29.4. The maximum atomic E-state index is 12.8. The fourth-order valence-corrected chi connectivity index (χ4v) is 7.84. The van der Waals surface area contributed by atoms with Gasteiger partial charge in [-0.2, -0.15) is 0 Å². The van der Waals surface area contributed by atoms with Gasteiger partial charge in [0.05, 0.1) is 0 Å². The number of hydrogen-bond acceptors (Lipinski definition) is 6. The molecule has 6 heteroatoms. The number of carbonyl (C=O) groups excluding carboxylic acids is 3. The molecule has 0 unspecified atom stereocenters. The molecular weight excluding hydrogens is 877 g/mol. The highest BCUT2D eigenvalue weighted by atomic mass is 16.6. The Kier molecular flexibility index (Phi) is 55.4. The van der Waals surface area contributed by atoms with Crippen molar-refractivity contribution in [1.82, 2.24) is 0 Å². The second-order valence-corrected chi connectivity index (χ2v) is 19.2. The van der Waals surface area contributed by atoms with Gasteiger partial charge in [-0.25, -0.2) is 0 Å². The number of ether oxygens (including phenoxy) is 3. The molecule has 0 N–H and O–H groups in total. The van der Waals surface area contributed by atoms with Crippen LogP contribution >= 0.6 is 0 Å². The zero-order valence-electron chi connectivity index (χ0n) is 46.2. The van der Waals surface area contributed by atoms with Crippen LogP contribution in [0.25, 0.3) is 0 Å². The van der Waals surface area contributed by atoms with E-state index in [-0.39, 0.29) is 44.0 Å². The lowest BCUT2D eigenvalue weighted by molar-refractivity contribution is -0.167. The van der Waals surface area contributed by atoms with Crippen LogP contribution in [0.3, 0.4) is 0 Å². The lowest BCUT2D eigenvalue weighted by Crippen LogP contribution is -2.30. The molecule has 0 spiro atoms. The van der Waals surface area contributed by atoms with E-state index in [1.165, 1.54) is 135 Å². The van der Waals surface area contributed by atoms with Gasteiger partial charge in [-0.15, -0.1) is 0 Å². The summed E-state index contributed by atoms with van der Waals surface area (Å²) < 4.78 is 16.8. The van der Waals surface area contributed by atoms with E-state index in [0.717, 1.165) is 77.0 Å². The van der Waals surface area contributed by atoms with Crippen molar-refractivity contribution in [2.75, 3.05) is 13.2 Å². The molecule has 0 aliphatic carbocycles. The molecule has 0 heterocycles. The van der Waals surface area contributed by atoms with E-state index in [1.54, 1.807) is 0 Å². The van der Waals surface area contributed by atoms with Gasteiger partial charge in [0.2, 0.25) is 0 Å². The van der Waals surface area contributed by atoms with Gasteiger partial charge in [0, 0.05) is 19.3 Å². The van der Waals surface area contributed by atoms with Crippen molar-refractivity contribution in [3.05, 3.63) is 109 Å². The Morgan fingerprint density at radius 2 is 0.563 bits per heavy atom. The zero-order valence-corrected chi connectivity index (χ0v) is 46.2. The van der Waals surface area contributed by atoms with Crippen LogP contribution in [0.15, 0.2) is 109 Å². The van der Waals surface area contributed by atoms with Gasteiger partial charge in [-0.05, 0) is 116 Å². The first-order chi connectivity index (χ1) is 35.0. The van der Waals surface area contributed by atoms with Crippen molar-refractivity contribution in [3.8, 4) is 0 Å². The standard InChI is InChI=1S/C65H108O6/c1-4-7-10-13-16-19-22-25-28-31-32-35-37-40-43-46-49-52-55-58-64(67)70-61-62(71-65(68)59-56-53-50-47-44-41-38-34-30-27-24-21-18-15-12-9-6-3)60-69-63(66)57-54-51-48-45-42-39-36-33-29-26-23-20-17-14-11-8-5-2/h8,11,17,20,25-30,36,38-39,41,45,47-48,50,62H,4-7,9-10,12-16,18-19,21-24,31-35,37,40,42-44,46,49,51-61H2,1-3H3/b11-8-,20-17-,28-25-,29-26-,30-27-,39-36-,41-38-,48-45-,50-47-/t62-/m1/s1. The highest BCUT2D eigenvalue weighted by Crippen LogP contribution is 2.14. The lowest BCUT2D eigenvalue weighted by atomic mass is 10.1. The van der Waals surface area contributed by atoms with Crippen molar-refractivity contribution in [2.45, 2.75) is 271 Å². The summed E-state index contributed by atoms with van der Waals surface area (Å²) in [7, 11) is 0. The average molecular weight is 986 g/mol. The normalized spacial score (nSPS) is 12.9. The second kappa shape index (κ2) is 58.6. The summed E-state index contributed by atoms with van der Waals surface area (Å²) in [5, 5.41) is 0. The van der Waals surface area contributed by atoms with Gasteiger partial charge >= 0.3 is 17.9 Å². The molecular formula is C65H108O6. The Morgan fingerprint density at radius 3 is 0.930 bits per heavy atom. The molecule has 404 valence electrons. The molecule has 71 heavy (non-hydrogen) atoms. The molecule has 0 aromatic rings. The van der Waals surface area contributed by atoms with Gasteiger partial charge in [0.25, 0.3) is 0 Å². The highest BCUT2D eigenvalue weighted by Gasteiger charge is 2.19. The second-order valence-electron chi connectivity index (χ2n) is 19.2. The van der Waals surface area contributed by atoms with Gasteiger partial charge < -0.3 is 14.2 Å². The topological polar surface area (TPSA) is 78.9 Å². The lowest BCUT2D eigenvalue weighted by Gasteiger charge is -2.18. The number of hydrogen-bond donors (Lipinski definition) is 0. The predicted molar refractivity (Wildman–Crippen MR) is 307 cm³/mol. The molecule has 0 aromatic carbocycles. The van der Waals surface area contributed by atoms with E-state index in [1.807, 2.05) is 0 Å². The summed E-state index contributed by atoms with van der Waals surface area (Å²) in [5.74, 6) is -1.03. The van der Waals surface area contributed by atoms with E-state index < -0.39 is 6.10 Å². The summed E-state index contributed by atoms with van der Waals surface area (Å²) in [6.45, 7) is 6.43. The van der Waals surface area contributed by atoms with Crippen molar-refractivity contribution in [2.24, 2.45) is 0 Å². The largest absolute Gasteiger partial charge is 0.462 e. The van der Waals surface area contributed by atoms with Crippen molar-refractivity contribution >= 4 is 17.9 Å².